The number of hydrogen-bond acceptors (Lipinski definition) is 5. The van der Waals surface area contributed by atoms with Crippen LogP contribution in [0.3, 0.4) is 0 Å². The van der Waals surface area contributed by atoms with Crippen LogP contribution in [0.1, 0.15) is 18.1 Å². The van der Waals surface area contributed by atoms with E-state index in [4.69, 9.17) is 4.74 Å². The molecule has 0 aliphatic carbocycles. The van der Waals surface area contributed by atoms with Gasteiger partial charge in [0.25, 0.3) is 5.56 Å². The molecule has 0 unspecified atom stereocenters. The van der Waals surface area contributed by atoms with E-state index in [9.17, 15) is 9.18 Å². The van der Waals surface area contributed by atoms with Gasteiger partial charge in [0.2, 0.25) is 0 Å². The maximum atomic E-state index is 14.1. The predicted octanol–water partition coefficient (Wildman–Crippen LogP) is 4.10. The topological polar surface area (TPSA) is 61.9 Å². The third-order valence-electron chi connectivity index (χ3n) is 4.78. The van der Waals surface area contributed by atoms with E-state index in [0.717, 1.165) is 11.3 Å². The minimum absolute atomic E-state index is 0.209. The molecule has 0 aliphatic rings. The molecule has 0 saturated heterocycles. The molecule has 0 N–H and O–H groups in total. The standard InChI is InChI=1S/C22H21FN4O2S/c1-3-26-13-19-20(25-26)21(28)27(12-15-8-10-17(29-2)11-9-15)22(24-19)30-14-16-6-4-5-7-18(16)23/h4-11,13H,3,12,14H2,1-2H3. The van der Waals surface area contributed by atoms with E-state index in [2.05, 4.69) is 10.1 Å². The first-order valence-corrected chi connectivity index (χ1v) is 10.5. The minimum Gasteiger partial charge on any atom is -0.497 e. The maximum Gasteiger partial charge on any atom is 0.282 e. The van der Waals surface area contributed by atoms with Crippen LogP contribution in [-0.2, 0) is 18.8 Å². The van der Waals surface area contributed by atoms with Crippen LogP contribution in [0.2, 0.25) is 0 Å². The predicted molar refractivity (Wildman–Crippen MR) is 116 cm³/mol. The van der Waals surface area contributed by atoms with Gasteiger partial charge >= 0.3 is 0 Å². The summed E-state index contributed by atoms with van der Waals surface area (Å²) >= 11 is 1.34. The van der Waals surface area contributed by atoms with Crippen molar-refractivity contribution < 1.29 is 9.13 Å². The fraction of sp³-hybridized carbons (Fsp3) is 0.227. The molecule has 2 aromatic carbocycles. The molecule has 4 rings (SSSR count). The molecule has 2 aromatic heterocycles. The van der Waals surface area contributed by atoms with Crippen LogP contribution in [0.15, 0.2) is 64.7 Å². The summed E-state index contributed by atoms with van der Waals surface area (Å²) in [6.45, 7) is 2.94. The van der Waals surface area contributed by atoms with Crippen molar-refractivity contribution in [3.05, 3.63) is 82.0 Å². The summed E-state index contributed by atoms with van der Waals surface area (Å²) in [5.74, 6) is 0.847. The monoisotopic (exact) mass is 424 g/mol. The summed E-state index contributed by atoms with van der Waals surface area (Å²) in [5.41, 5.74) is 2.17. The smallest absolute Gasteiger partial charge is 0.282 e. The van der Waals surface area contributed by atoms with Gasteiger partial charge in [-0.2, -0.15) is 5.10 Å². The lowest BCUT2D eigenvalue weighted by Gasteiger charge is -2.12. The summed E-state index contributed by atoms with van der Waals surface area (Å²) in [7, 11) is 1.61. The van der Waals surface area contributed by atoms with Crippen molar-refractivity contribution in [3.8, 4) is 5.75 Å². The molecule has 0 spiro atoms. The van der Waals surface area contributed by atoms with Crippen molar-refractivity contribution >= 4 is 22.8 Å². The van der Waals surface area contributed by atoms with Crippen LogP contribution < -0.4 is 10.3 Å². The van der Waals surface area contributed by atoms with E-state index >= 15 is 0 Å². The lowest BCUT2D eigenvalue weighted by Crippen LogP contribution is -2.24. The van der Waals surface area contributed by atoms with E-state index in [1.165, 1.54) is 17.8 Å². The van der Waals surface area contributed by atoms with Crippen molar-refractivity contribution in [2.75, 3.05) is 7.11 Å². The highest BCUT2D eigenvalue weighted by Crippen LogP contribution is 2.24. The second-order valence-electron chi connectivity index (χ2n) is 6.73. The lowest BCUT2D eigenvalue weighted by atomic mass is 10.2. The maximum absolute atomic E-state index is 14.1. The number of fused-ring (bicyclic) bond motifs is 1. The molecule has 0 fully saturated rings. The molecule has 154 valence electrons. The van der Waals surface area contributed by atoms with E-state index < -0.39 is 0 Å². The van der Waals surface area contributed by atoms with E-state index in [0.29, 0.717) is 40.6 Å². The molecule has 0 radical (unpaired) electrons. The van der Waals surface area contributed by atoms with Gasteiger partial charge in [0.15, 0.2) is 10.7 Å². The summed E-state index contributed by atoms with van der Waals surface area (Å²) in [6.07, 6.45) is 1.77. The lowest BCUT2D eigenvalue weighted by molar-refractivity contribution is 0.414. The number of aryl methyl sites for hydroxylation is 1. The zero-order chi connectivity index (χ0) is 21.1. The third-order valence-corrected chi connectivity index (χ3v) is 5.80. The molecule has 0 bridgehead atoms. The first-order valence-electron chi connectivity index (χ1n) is 9.56. The number of hydrogen-bond donors (Lipinski definition) is 0. The summed E-state index contributed by atoms with van der Waals surface area (Å²) in [6, 6.07) is 14.1. The van der Waals surface area contributed by atoms with Gasteiger partial charge < -0.3 is 4.74 Å². The highest BCUT2D eigenvalue weighted by atomic mass is 32.2. The van der Waals surface area contributed by atoms with Gasteiger partial charge in [-0.1, -0.05) is 42.1 Å². The van der Waals surface area contributed by atoms with Gasteiger partial charge in [-0.3, -0.25) is 14.0 Å². The largest absolute Gasteiger partial charge is 0.497 e. The van der Waals surface area contributed by atoms with Gasteiger partial charge in [-0.25, -0.2) is 9.37 Å². The van der Waals surface area contributed by atoms with Gasteiger partial charge in [-0.15, -0.1) is 0 Å². The van der Waals surface area contributed by atoms with Crippen LogP contribution in [0.25, 0.3) is 11.0 Å². The number of halogens is 1. The minimum atomic E-state index is -0.270. The fourth-order valence-electron chi connectivity index (χ4n) is 3.11. The summed E-state index contributed by atoms with van der Waals surface area (Å²) in [4.78, 5) is 17.9. The first kappa shape index (κ1) is 20.2. The van der Waals surface area contributed by atoms with Crippen LogP contribution in [0.5, 0.6) is 5.75 Å². The van der Waals surface area contributed by atoms with E-state index in [1.807, 2.05) is 31.2 Å². The van der Waals surface area contributed by atoms with Crippen LogP contribution in [0.4, 0.5) is 4.39 Å². The van der Waals surface area contributed by atoms with Gasteiger partial charge in [0.1, 0.15) is 17.1 Å². The third kappa shape index (κ3) is 4.09. The zero-order valence-electron chi connectivity index (χ0n) is 16.7. The number of aromatic nitrogens is 4. The molecular formula is C22H21FN4O2S. The van der Waals surface area contributed by atoms with Crippen LogP contribution in [-0.4, -0.2) is 26.4 Å². The van der Waals surface area contributed by atoms with Crippen molar-refractivity contribution in [2.24, 2.45) is 0 Å². The summed E-state index contributed by atoms with van der Waals surface area (Å²) < 4.78 is 22.6. The van der Waals surface area contributed by atoms with Crippen molar-refractivity contribution in [1.29, 1.82) is 0 Å². The average molecular weight is 425 g/mol. The Morgan fingerprint density at radius 3 is 2.60 bits per heavy atom. The Bertz CT molecular complexity index is 1230. The van der Waals surface area contributed by atoms with Gasteiger partial charge in [0.05, 0.1) is 19.9 Å². The molecule has 6 nitrogen and oxygen atoms in total. The van der Waals surface area contributed by atoms with Gasteiger partial charge in [0, 0.05) is 12.3 Å². The fourth-order valence-corrected chi connectivity index (χ4v) is 4.09. The molecule has 2 heterocycles. The first-order chi connectivity index (χ1) is 14.6. The molecule has 4 aromatic rings. The second kappa shape index (κ2) is 8.71. The summed E-state index contributed by atoms with van der Waals surface area (Å²) in [5, 5.41) is 4.90. The molecule has 0 aliphatic heterocycles. The number of methoxy groups -OCH3 is 1. The number of thioether (sulfide) groups is 1. The zero-order valence-corrected chi connectivity index (χ0v) is 17.5. The van der Waals surface area contributed by atoms with Crippen molar-refractivity contribution in [3.63, 3.8) is 0 Å². The van der Waals surface area contributed by atoms with Crippen molar-refractivity contribution in [2.45, 2.75) is 30.9 Å². The second-order valence-corrected chi connectivity index (χ2v) is 7.67. The van der Waals surface area contributed by atoms with Crippen molar-refractivity contribution in [1.82, 2.24) is 19.3 Å². The highest BCUT2D eigenvalue weighted by Gasteiger charge is 2.16. The van der Waals surface area contributed by atoms with E-state index in [1.54, 1.807) is 40.8 Å². The van der Waals surface area contributed by atoms with Crippen LogP contribution in [0, 0.1) is 5.82 Å². The normalized spacial score (nSPS) is 11.2. The Morgan fingerprint density at radius 2 is 1.90 bits per heavy atom. The number of nitrogens with zero attached hydrogens (tertiary/aromatic N) is 4. The molecular weight excluding hydrogens is 403 g/mol. The molecule has 0 saturated carbocycles. The SMILES string of the molecule is CCn1cc2nc(SCc3ccccc3F)n(Cc3ccc(OC)cc3)c(=O)c2n1. The Labute approximate surface area is 177 Å². The van der Waals surface area contributed by atoms with Gasteiger partial charge in [-0.05, 0) is 36.2 Å². The Morgan fingerprint density at radius 1 is 1.13 bits per heavy atom. The molecule has 0 atom stereocenters. The highest BCUT2D eigenvalue weighted by molar-refractivity contribution is 7.98. The molecule has 30 heavy (non-hydrogen) atoms. The van der Waals surface area contributed by atoms with Crippen LogP contribution >= 0.6 is 11.8 Å². The number of rotatable bonds is 7. The Balaban J connectivity index is 1.74. The Hall–Kier alpha value is -3.13. The quantitative estimate of drug-likeness (QED) is 0.330. The number of ether oxygens (including phenoxy) is 1. The average Bonchev–Trinajstić information content (AvgIpc) is 3.19. The molecule has 8 heteroatoms. The van der Waals surface area contributed by atoms with E-state index in [-0.39, 0.29) is 11.4 Å². The molecule has 0 amide bonds. The number of benzene rings is 2. The Kier molecular flexibility index (Phi) is 5.85.